The van der Waals surface area contributed by atoms with Crippen LogP contribution in [0.15, 0.2) is 59.6 Å². The molecule has 0 spiro atoms. The Morgan fingerprint density at radius 1 is 1.10 bits per heavy atom. The highest BCUT2D eigenvalue weighted by molar-refractivity contribution is 8.15. The van der Waals surface area contributed by atoms with E-state index in [2.05, 4.69) is 10.3 Å². The zero-order chi connectivity index (χ0) is 20.1. The summed E-state index contributed by atoms with van der Waals surface area (Å²) in [6.45, 7) is 2.69. The fourth-order valence-corrected chi connectivity index (χ4v) is 4.13. The molecule has 2 aliphatic rings. The van der Waals surface area contributed by atoms with E-state index in [4.69, 9.17) is 9.47 Å². The van der Waals surface area contributed by atoms with Gasteiger partial charge in [-0.3, -0.25) is 9.59 Å². The first-order valence-electron chi connectivity index (χ1n) is 9.42. The van der Waals surface area contributed by atoms with Gasteiger partial charge < -0.3 is 19.7 Å². The summed E-state index contributed by atoms with van der Waals surface area (Å²) in [7, 11) is 0. The third-order valence-corrected chi connectivity index (χ3v) is 5.71. The lowest BCUT2D eigenvalue weighted by molar-refractivity contribution is -0.121. The summed E-state index contributed by atoms with van der Waals surface area (Å²) in [5.41, 5.74) is 0.653. The topological polar surface area (TPSA) is 80.2 Å². The number of benzene rings is 2. The molecule has 29 heavy (non-hydrogen) atoms. The minimum atomic E-state index is -0.478. The van der Waals surface area contributed by atoms with Crippen molar-refractivity contribution in [1.82, 2.24) is 4.90 Å². The maximum atomic E-state index is 12.4. The molecule has 0 radical (unpaired) electrons. The standard InChI is InChI=1S/C21H21N3O4S/c25-19(14-18-20(26)23-21(29-18)24-10-12-27-13-11-24)22-15-6-8-17(9-7-15)28-16-4-2-1-3-5-16/h1-9,18H,10-14H2,(H,22,25)/t18-/m1/s1. The van der Waals surface area contributed by atoms with Crippen molar-refractivity contribution < 1.29 is 19.1 Å². The van der Waals surface area contributed by atoms with E-state index in [1.54, 1.807) is 24.3 Å². The smallest absolute Gasteiger partial charge is 0.262 e. The number of morpholine rings is 1. The quantitative estimate of drug-likeness (QED) is 0.814. The summed E-state index contributed by atoms with van der Waals surface area (Å²) in [5.74, 6) is 0.959. The average molecular weight is 411 g/mol. The average Bonchev–Trinajstić information content (AvgIpc) is 3.11. The molecule has 7 nitrogen and oxygen atoms in total. The van der Waals surface area contributed by atoms with Crippen LogP contribution < -0.4 is 10.1 Å². The molecule has 2 aliphatic heterocycles. The highest BCUT2D eigenvalue weighted by Crippen LogP contribution is 2.28. The molecule has 0 bridgehead atoms. The van der Waals surface area contributed by atoms with Crippen LogP contribution in [-0.4, -0.2) is 53.4 Å². The van der Waals surface area contributed by atoms with Gasteiger partial charge in [0.25, 0.3) is 5.91 Å². The van der Waals surface area contributed by atoms with Gasteiger partial charge in [0.2, 0.25) is 5.91 Å². The number of amides is 2. The van der Waals surface area contributed by atoms with Gasteiger partial charge in [-0.15, -0.1) is 0 Å². The van der Waals surface area contributed by atoms with Crippen molar-refractivity contribution in [1.29, 1.82) is 0 Å². The lowest BCUT2D eigenvalue weighted by Gasteiger charge is -2.27. The van der Waals surface area contributed by atoms with Crippen molar-refractivity contribution >= 4 is 34.4 Å². The fourth-order valence-electron chi connectivity index (χ4n) is 3.01. The van der Waals surface area contributed by atoms with Gasteiger partial charge in [0.05, 0.1) is 13.2 Å². The Balaban J connectivity index is 1.28. The Labute approximate surface area is 173 Å². The molecule has 8 heteroatoms. The number of thioether (sulfide) groups is 1. The van der Waals surface area contributed by atoms with Crippen LogP contribution in [0.25, 0.3) is 0 Å². The van der Waals surface area contributed by atoms with E-state index in [1.165, 1.54) is 11.8 Å². The molecule has 2 aromatic rings. The third-order valence-electron chi connectivity index (χ3n) is 4.50. The zero-order valence-electron chi connectivity index (χ0n) is 15.7. The molecule has 0 unspecified atom stereocenters. The van der Waals surface area contributed by atoms with Crippen molar-refractivity contribution in [3.8, 4) is 11.5 Å². The van der Waals surface area contributed by atoms with Crippen LogP contribution in [0.5, 0.6) is 11.5 Å². The maximum Gasteiger partial charge on any atom is 0.262 e. The normalized spacial score (nSPS) is 19.0. The minimum Gasteiger partial charge on any atom is -0.457 e. The molecule has 1 fully saturated rings. The SMILES string of the molecule is O=C(C[C@H]1SC(N2CCOCC2)=NC1=O)Nc1ccc(Oc2ccccc2)cc1. The van der Waals surface area contributed by atoms with Crippen molar-refractivity contribution in [2.45, 2.75) is 11.7 Å². The van der Waals surface area contributed by atoms with E-state index in [1.807, 2.05) is 35.2 Å². The van der Waals surface area contributed by atoms with Crippen LogP contribution in [-0.2, 0) is 14.3 Å². The van der Waals surface area contributed by atoms with Gasteiger partial charge >= 0.3 is 0 Å². The lowest BCUT2D eigenvalue weighted by atomic mass is 10.2. The zero-order valence-corrected chi connectivity index (χ0v) is 16.6. The Bertz CT molecular complexity index is 896. The minimum absolute atomic E-state index is 0.0864. The summed E-state index contributed by atoms with van der Waals surface area (Å²) in [6, 6.07) is 16.6. The number of hydrogen-bond acceptors (Lipinski definition) is 6. The predicted molar refractivity (Wildman–Crippen MR) is 112 cm³/mol. The molecule has 2 amide bonds. The first kappa shape index (κ1) is 19.5. The van der Waals surface area contributed by atoms with Crippen LogP contribution >= 0.6 is 11.8 Å². The van der Waals surface area contributed by atoms with Crippen LogP contribution in [0.4, 0.5) is 5.69 Å². The largest absolute Gasteiger partial charge is 0.457 e. The number of carbonyl (C=O) groups excluding carboxylic acids is 2. The monoisotopic (exact) mass is 411 g/mol. The second-order valence-electron chi connectivity index (χ2n) is 6.63. The van der Waals surface area contributed by atoms with Gasteiger partial charge in [-0.05, 0) is 36.4 Å². The summed E-state index contributed by atoms with van der Waals surface area (Å²) in [4.78, 5) is 30.7. The second kappa shape index (κ2) is 9.11. The number of ether oxygens (including phenoxy) is 2. The Hall–Kier alpha value is -2.84. The van der Waals surface area contributed by atoms with Crippen LogP contribution in [0.2, 0.25) is 0 Å². The number of aliphatic imine (C=N–C) groups is 1. The maximum absolute atomic E-state index is 12.4. The molecule has 0 saturated carbocycles. The van der Waals surface area contributed by atoms with E-state index >= 15 is 0 Å². The van der Waals surface area contributed by atoms with Gasteiger partial charge in [0.1, 0.15) is 16.7 Å². The lowest BCUT2D eigenvalue weighted by Crippen LogP contribution is -2.39. The van der Waals surface area contributed by atoms with Crippen molar-refractivity contribution in [3.05, 3.63) is 54.6 Å². The highest BCUT2D eigenvalue weighted by atomic mass is 32.2. The van der Waals surface area contributed by atoms with Gasteiger partial charge in [-0.2, -0.15) is 4.99 Å². The number of para-hydroxylation sites is 1. The van der Waals surface area contributed by atoms with E-state index in [-0.39, 0.29) is 18.2 Å². The number of carbonyl (C=O) groups is 2. The van der Waals surface area contributed by atoms with Crippen LogP contribution in [0.1, 0.15) is 6.42 Å². The van der Waals surface area contributed by atoms with Gasteiger partial charge in [-0.1, -0.05) is 30.0 Å². The van der Waals surface area contributed by atoms with E-state index in [0.717, 1.165) is 18.8 Å². The number of amidine groups is 1. The van der Waals surface area contributed by atoms with Gasteiger partial charge in [-0.25, -0.2) is 0 Å². The summed E-state index contributed by atoms with van der Waals surface area (Å²) < 4.78 is 11.1. The van der Waals surface area contributed by atoms with E-state index < -0.39 is 5.25 Å². The Morgan fingerprint density at radius 2 is 1.79 bits per heavy atom. The molecule has 1 N–H and O–H groups in total. The number of nitrogens with one attached hydrogen (secondary N) is 1. The molecular formula is C21H21N3O4S. The number of rotatable bonds is 5. The molecular weight excluding hydrogens is 390 g/mol. The molecule has 1 saturated heterocycles. The van der Waals surface area contributed by atoms with E-state index in [0.29, 0.717) is 29.8 Å². The van der Waals surface area contributed by atoms with Crippen molar-refractivity contribution in [2.75, 3.05) is 31.6 Å². The first-order chi connectivity index (χ1) is 14.2. The van der Waals surface area contributed by atoms with Gasteiger partial charge in [0.15, 0.2) is 5.17 Å². The first-order valence-corrected chi connectivity index (χ1v) is 10.3. The van der Waals surface area contributed by atoms with Crippen molar-refractivity contribution in [3.63, 3.8) is 0 Å². The second-order valence-corrected chi connectivity index (χ2v) is 7.80. The highest BCUT2D eigenvalue weighted by Gasteiger charge is 2.33. The number of hydrogen-bond donors (Lipinski definition) is 1. The van der Waals surface area contributed by atoms with E-state index in [9.17, 15) is 9.59 Å². The molecule has 1 atom stereocenters. The third kappa shape index (κ3) is 5.16. The summed E-state index contributed by atoms with van der Waals surface area (Å²) in [6.07, 6.45) is 0.0864. The van der Waals surface area contributed by atoms with Crippen LogP contribution in [0, 0.1) is 0 Å². The number of nitrogens with zero attached hydrogens (tertiary/aromatic N) is 2. The summed E-state index contributed by atoms with van der Waals surface area (Å²) >= 11 is 1.36. The Kier molecular flexibility index (Phi) is 6.12. The van der Waals surface area contributed by atoms with Gasteiger partial charge in [0, 0.05) is 25.2 Å². The van der Waals surface area contributed by atoms with Crippen LogP contribution in [0.3, 0.4) is 0 Å². The molecule has 0 aromatic heterocycles. The Morgan fingerprint density at radius 3 is 2.52 bits per heavy atom. The molecule has 0 aliphatic carbocycles. The molecule has 2 aromatic carbocycles. The predicted octanol–water partition coefficient (Wildman–Crippen LogP) is 3.14. The fraction of sp³-hybridized carbons (Fsp3) is 0.286. The molecule has 150 valence electrons. The summed E-state index contributed by atoms with van der Waals surface area (Å²) in [5, 5.41) is 3.05. The van der Waals surface area contributed by atoms with Crippen molar-refractivity contribution in [2.24, 2.45) is 4.99 Å². The molecule has 2 heterocycles. The molecule has 4 rings (SSSR count). The number of anilines is 1.